The largest absolute Gasteiger partial charge is 0.341 e. The summed E-state index contributed by atoms with van der Waals surface area (Å²) >= 11 is 6.24. The van der Waals surface area contributed by atoms with E-state index in [1.54, 1.807) is 0 Å². The highest BCUT2D eigenvalue weighted by Gasteiger charge is 2.10. The van der Waals surface area contributed by atoms with Crippen molar-refractivity contribution in [3.05, 3.63) is 65.4 Å². The van der Waals surface area contributed by atoms with E-state index in [1.165, 1.54) is 5.39 Å². The zero-order chi connectivity index (χ0) is 14.4. The first kappa shape index (κ1) is 12.5. The average molecular weight is 296 g/mol. The molecule has 0 bridgehead atoms. The van der Waals surface area contributed by atoms with Crippen molar-refractivity contribution in [1.82, 2.24) is 14.3 Å². The number of aryl methyl sites for hydroxylation is 1. The predicted molar refractivity (Wildman–Crippen MR) is 86.8 cm³/mol. The number of nitrogens with zero attached hydrogens (tertiary/aromatic N) is 3. The van der Waals surface area contributed by atoms with Gasteiger partial charge in [0, 0.05) is 34.6 Å². The molecule has 0 unspecified atom stereocenters. The van der Waals surface area contributed by atoms with Crippen LogP contribution in [-0.2, 0) is 13.6 Å². The molecule has 4 rings (SSSR count). The molecule has 0 N–H and O–H groups in total. The minimum absolute atomic E-state index is 0.741. The molecule has 0 aliphatic carbocycles. The SMILES string of the molecule is Cn1nc(Cn2ccc3c(Cl)cccc32)c2ccccc21. The van der Waals surface area contributed by atoms with Crippen LogP contribution in [0, 0.1) is 0 Å². The first-order valence-electron chi connectivity index (χ1n) is 6.88. The Morgan fingerprint density at radius 2 is 1.76 bits per heavy atom. The van der Waals surface area contributed by atoms with Crippen molar-refractivity contribution < 1.29 is 0 Å². The summed E-state index contributed by atoms with van der Waals surface area (Å²) in [4.78, 5) is 0. The highest BCUT2D eigenvalue weighted by atomic mass is 35.5. The molecular formula is C17H14ClN3. The molecule has 3 nitrogen and oxygen atoms in total. The van der Waals surface area contributed by atoms with Gasteiger partial charge in [0.05, 0.1) is 17.8 Å². The molecule has 0 aliphatic heterocycles. The number of hydrogen-bond acceptors (Lipinski definition) is 1. The van der Waals surface area contributed by atoms with Gasteiger partial charge in [0.15, 0.2) is 0 Å². The zero-order valence-corrected chi connectivity index (χ0v) is 12.4. The van der Waals surface area contributed by atoms with E-state index in [-0.39, 0.29) is 0 Å². The van der Waals surface area contributed by atoms with Crippen LogP contribution in [0.2, 0.25) is 5.02 Å². The molecule has 21 heavy (non-hydrogen) atoms. The van der Waals surface area contributed by atoms with Crippen LogP contribution < -0.4 is 0 Å². The molecule has 0 saturated heterocycles. The number of para-hydroxylation sites is 1. The van der Waals surface area contributed by atoms with Crippen LogP contribution in [0.4, 0.5) is 0 Å². The van der Waals surface area contributed by atoms with Crippen molar-refractivity contribution >= 4 is 33.4 Å². The third kappa shape index (κ3) is 1.93. The molecule has 4 heteroatoms. The molecule has 0 saturated carbocycles. The van der Waals surface area contributed by atoms with Gasteiger partial charge in [-0.15, -0.1) is 0 Å². The van der Waals surface area contributed by atoms with Crippen molar-refractivity contribution in [3.63, 3.8) is 0 Å². The third-order valence-corrected chi connectivity index (χ3v) is 4.24. The molecule has 2 aromatic heterocycles. The molecule has 0 amide bonds. The molecule has 0 aliphatic rings. The van der Waals surface area contributed by atoms with Crippen molar-refractivity contribution in [2.75, 3.05) is 0 Å². The Balaban J connectivity index is 1.85. The molecular weight excluding hydrogens is 282 g/mol. The van der Waals surface area contributed by atoms with Gasteiger partial charge in [-0.25, -0.2) is 0 Å². The molecule has 2 aromatic carbocycles. The molecule has 0 spiro atoms. The highest BCUT2D eigenvalue weighted by molar-refractivity contribution is 6.35. The molecule has 4 aromatic rings. The number of rotatable bonds is 2. The maximum Gasteiger partial charge on any atom is 0.0900 e. The second-order valence-electron chi connectivity index (χ2n) is 5.20. The summed E-state index contributed by atoms with van der Waals surface area (Å²) < 4.78 is 4.12. The number of hydrogen-bond donors (Lipinski definition) is 0. The average Bonchev–Trinajstić information content (AvgIpc) is 3.04. The van der Waals surface area contributed by atoms with Gasteiger partial charge >= 0.3 is 0 Å². The minimum Gasteiger partial charge on any atom is -0.341 e. The Morgan fingerprint density at radius 3 is 2.67 bits per heavy atom. The fourth-order valence-electron chi connectivity index (χ4n) is 2.89. The van der Waals surface area contributed by atoms with Crippen LogP contribution >= 0.6 is 11.6 Å². The fourth-order valence-corrected chi connectivity index (χ4v) is 3.12. The van der Waals surface area contributed by atoms with Crippen LogP contribution in [0.3, 0.4) is 0 Å². The predicted octanol–water partition coefficient (Wildman–Crippen LogP) is 4.23. The minimum atomic E-state index is 0.741. The molecule has 104 valence electrons. The smallest absolute Gasteiger partial charge is 0.0900 e. The molecule has 0 atom stereocenters. The van der Waals surface area contributed by atoms with E-state index in [9.17, 15) is 0 Å². The summed E-state index contributed by atoms with van der Waals surface area (Å²) in [5.41, 5.74) is 3.37. The second kappa shape index (κ2) is 4.64. The molecule has 2 heterocycles. The quantitative estimate of drug-likeness (QED) is 0.542. The standard InChI is InChI=1S/C17H14ClN3/c1-20-16-7-3-2-5-13(16)15(19-20)11-21-10-9-12-14(18)6-4-8-17(12)21/h2-10H,11H2,1H3. The Kier molecular flexibility index (Phi) is 2.76. The summed E-state index contributed by atoms with van der Waals surface area (Å²) in [6.07, 6.45) is 2.07. The van der Waals surface area contributed by atoms with E-state index < -0.39 is 0 Å². The van der Waals surface area contributed by atoms with E-state index in [1.807, 2.05) is 29.9 Å². The van der Waals surface area contributed by atoms with Gasteiger partial charge in [-0.3, -0.25) is 4.68 Å². The lowest BCUT2D eigenvalue weighted by molar-refractivity contribution is 0.732. The molecule has 0 fully saturated rings. The lowest BCUT2D eigenvalue weighted by Crippen LogP contribution is -2.00. The monoisotopic (exact) mass is 295 g/mol. The normalized spacial score (nSPS) is 11.5. The van der Waals surface area contributed by atoms with E-state index >= 15 is 0 Å². The van der Waals surface area contributed by atoms with Gasteiger partial charge in [0.25, 0.3) is 0 Å². The second-order valence-corrected chi connectivity index (χ2v) is 5.61. The van der Waals surface area contributed by atoms with Crippen LogP contribution in [0.25, 0.3) is 21.8 Å². The van der Waals surface area contributed by atoms with E-state index in [4.69, 9.17) is 11.6 Å². The summed E-state index contributed by atoms with van der Waals surface area (Å²) in [7, 11) is 1.98. The van der Waals surface area contributed by atoms with Crippen molar-refractivity contribution in [1.29, 1.82) is 0 Å². The number of aromatic nitrogens is 3. The lowest BCUT2D eigenvalue weighted by atomic mass is 10.2. The fraction of sp³-hybridized carbons (Fsp3) is 0.118. The first-order valence-corrected chi connectivity index (χ1v) is 7.26. The topological polar surface area (TPSA) is 22.8 Å². The van der Waals surface area contributed by atoms with Crippen molar-refractivity contribution in [2.45, 2.75) is 6.54 Å². The maximum absolute atomic E-state index is 6.24. The van der Waals surface area contributed by atoms with E-state index in [0.29, 0.717) is 0 Å². The Hall–Kier alpha value is -2.26. The van der Waals surface area contributed by atoms with E-state index in [2.05, 4.69) is 46.2 Å². The van der Waals surface area contributed by atoms with E-state index in [0.717, 1.165) is 33.7 Å². The molecule has 0 radical (unpaired) electrons. The highest BCUT2D eigenvalue weighted by Crippen LogP contribution is 2.26. The van der Waals surface area contributed by atoms with Gasteiger partial charge in [-0.1, -0.05) is 35.9 Å². The zero-order valence-electron chi connectivity index (χ0n) is 11.6. The summed E-state index contributed by atoms with van der Waals surface area (Å²) in [5.74, 6) is 0. The number of fused-ring (bicyclic) bond motifs is 2. The summed E-state index contributed by atoms with van der Waals surface area (Å²) in [6, 6.07) is 16.4. The van der Waals surface area contributed by atoms with Gasteiger partial charge in [0.1, 0.15) is 0 Å². The maximum atomic E-state index is 6.24. The summed E-state index contributed by atoms with van der Waals surface area (Å²) in [6.45, 7) is 0.741. The Bertz CT molecular complexity index is 949. The van der Waals surface area contributed by atoms with Crippen molar-refractivity contribution in [2.24, 2.45) is 7.05 Å². The van der Waals surface area contributed by atoms with Gasteiger partial charge < -0.3 is 4.57 Å². The van der Waals surface area contributed by atoms with Crippen LogP contribution in [-0.4, -0.2) is 14.3 Å². The Morgan fingerprint density at radius 1 is 0.952 bits per heavy atom. The summed E-state index contributed by atoms with van der Waals surface area (Å²) in [5, 5.41) is 7.73. The van der Waals surface area contributed by atoms with Gasteiger partial charge in [-0.2, -0.15) is 5.10 Å². The van der Waals surface area contributed by atoms with Gasteiger partial charge in [-0.05, 0) is 24.3 Å². The van der Waals surface area contributed by atoms with Gasteiger partial charge in [0.2, 0.25) is 0 Å². The number of halogens is 1. The lowest BCUT2D eigenvalue weighted by Gasteiger charge is -2.04. The number of benzene rings is 2. The third-order valence-electron chi connectivity index (χ3n) is 3.91. The van der Waals surface area contributed by atoms with Crippen LogP contribution in [0.15, 0.2) is 54.7 Å². The van der Waals surface area contributed by atoms with Crippen molar-refractivity contribution in [3.8, 4) is 0 Å². The first-order chi connectivity index (χ1) is 10.2. The Labute approximate surface area is 127 Å². The van der Waals surface area contributed by atoms with Crippen LogP contribution in [0.5, 0.6) is 0 Å². The van der Waals surface area contributed by atoms with Crippen LogP contribution in [0.1, 0.15) is 5.69 Å².